The fourth-order valence-electron chi connectivity index (χ4n) is 2.91. The molecule has 0 amide bonds. The van der Waals surface area contributed by atoms with E-state index in [1.165, 1.54) is 0 Å². The lowest BCUT2D eigenvalue weighted by Gasteiger charge is -2.20. The van der Waals surface area contributed by atoms with E-state index in [4.69, 9.17) is 112 Å². The Kier molecular flexibility index (Phi) is 12.3. The van der Waals surface area contributed by atoms with Crippen LogP contribution >= 0.6 is 92.8 Å². The first-order valence-corrected chi connectivity index (χ1v) is 12.3. The second kappa shape index (κ2) is 13.6. The van der Waals surface area contributed by atoms with Crippen LogP contribution in [0.1, 0.15) is 11.1 Å². The highest BCUT2D eigenvalue weighted by molar-refractivity contribution is 6.55. The van der Waals surface area contributed by atoms with Gasteiger partial charge in [0.05, 0.1) is 79.8 Å². The van der Waals surface area contributed by atoms with Gasteiger partial charge < -0.3 is 19.7 Å². The summed E-state index contributed by atoms with van der Waals surface area (Å²) in [6, 6.07) is 0. The van der Waals surface area contributed by atoms with Crippen LogP contribution in [-0.2, 0) is 22.3 Å². The average molecular weight is 606 g/mol. The number of halogens is 8. The fraction of sp³-hybridized carbons (Fsp3) is 0.400. The molecule has 0 saturated carbocycles. The highest BCUT2D eigenvalue weighted by Gasteiger charge is 2.28. The third-order valence-corrected chi connectivity index (χ3v) is 7.99. The van der Waals surface area contributed by atoms with Crippen LogP contribution in [0.3, 0.4) is 0 Å². The SMILES string of the molecule is OCCOCCc1c(Cl)c(Cl)c(-c2c(Cl)c(Cl)c(CCOCCO)c(Cl)c2Cl)c(Cl)c1Cl. The highest BCUT2D eigenvalue weighted by Crippen LogP contribution is 2.53. The number of aliphatic hydroxyl groups excluding tert-OH is 2. The third kappa shape index (κ3) is 6.42. The Morgan fingerprint density at radius 3 is 0.969 bits per heavy atom. The zero-order valence-corrected chi connectivity index (χ0v) is 22.4. The first-order valence-electron chi connectivity index (χ1n) is 9.26. The summed E-state index contributed by atoms with van der Waals surface area (Å²) in [5.41, 5.74) is 1.36. The zero-order chi connectivity index (χ0) is 24.0. The van der Waals surface area contributed by atoms with Crippen LogP contribution in [0, 0.1) is 0 Å². The van der Waals surface area contributed by atoms with Gasteiger partial charge in [-0.25, -0.2) is 0 Å². The van der Waals surface area contributed by atoms with Crippen LogP contribution in [0.15, 0.2) is 0 Å². The van der Waals surface area contributed by atoms with Gasteiger partial charge in [-0.3, -0.25) is 0 Å². The molecule has 0 spiro atoms. The monoisotopic (exact) mass is 602 g/mol. The van der Waals surface area contributed by atoms with Crippen LogP contribution in [0.5, 0.6) is 0 Å². The van der Waals surface area contributed by atoms with Gasteiger partial charge in [-0.2, -0.15) is 0 Å². The van der Waals surface area contributed by atoms with E-state index >= 15 is 0 Å². The van der Waals surface area contributed by atoms with E-state index in [0.717, 1.165) is 0 Å². The van der Waals surface area contributed by atoms with Crippen molar-refractivity contribution in [3.8, 4) is 11.1 Å². The van der Waals surface area contributed by atoms with Crippen molar-refractivity contribution in [2.75, 3.05) is 39.6 Å². The van der Waals surface area contributed by atoms with Crippen LogP contribution in [-0.4, -0.2) is 49.9 Å². The van der Waals surface area contributed by atoms with Crippen LogP contribution in [0.4, 0.5) is 0 Å². The number of hydrogen-bond donors (Lipinski definition) is 2. The fourth-order valence-corrected chi connectivity index (χ4v) is 5.45. The maximum atomic E-state index is 8.83. The van der Waals surface area contributed by atoms with Crippen LogP contribution in [0.25, 0.3) is 11.1 Å². The first-order chi connectivity index (χ1) is 15.2. The van der Waals surface area contributed by atoms with E-state index in [1.807, 2.05) is 0 Å². The normalized spacial score (nSPS) is 11.4. The highest BCUT2D eigenvalue weighted by atomic mass is 35.5. The van der Waals surface area contributed by atoms with Crippen molar-refractivity contribution in [3.63, 3.8) is 0 Å². The zero-order valence-electron chi connectivity index (χ0n) is 16.4. The van der Waals surface area contributed by atoms with E-state index in [9.17, 15) is 0 Å². The summed E-state index contributed by atoms with van der Waals surface area (Å²) in [5.74, 6) is 0. The Bertz CT molecular complexity index is 832. The molecule has 0 bridgehead atoms. The Morgan fingerprint density at radius 1 is 0.438 bits per heavy atom. The molecule has 2 aromatic carbocycles. The van der Waals surface area contributed by atoms with E-state index in [0.29, 0.717) is 24.0 Å². The largest absolute Gasteiger partial charge is 0.394 e. The summed E-state index contributed by atoms with van der Waals surface area (Å²) in [6.07, 6.45) is 0.625. The molecule has 0 aliphatic heterocycles. The van der Waals surface area contributed by atoms with E-state index < -0.39 is 0 Å². The summed E-state index contributed by atoms with van der Waals surface area (Å²) < 4.78 is 10.5. The molecule has 0 fully saturated rings. The molecule has 32 heavy (non-hydrogen) atoms. The molecule has 0 aliphatic carbocycles. The lowest BCUT2D eigenvalue weighted by molar-refractivity contribution is 0.0944. The van der Waals surface area contributed by atoms with Crippen LogP contribution in [0.2, 0.25) is 40.2 Å². The van der Waals surface area contributed by atoms with Gasteiger partial charge in [-0.1, -0.05) is 92.8 Å². The van der Waals surface area contributed by atoms with E-state index in [-0.39, 0.29) is 90.9 Å². The topological polar surface area (TPSA) is 58.9 Å². The molecule has 4 nitrogen and oxygen atoms in total. The van der Waals surface area contributed by atoms with Crippen LogP contribution < -0.4 is 0 Å². The van der Waals surface area contributed by atoms with Crippen molar-refractivity contribution in [2.24, 2.45) is 0 Å². The van der Waals surface area contributed by atoms with Gasteiger partial charge in [0, 0.05) is 11.1 Å². The number of aliphatic hydroxyl groups is 2. The van der Waals surface area contributed by atoms with E-state index in [1.54, 1.807) is 0 Å². The second-order valence-corrected chi connectivity index (χ2v) is 9.41. The molecule has 0 saturated heterocycles. The van der Waals surface area contributed by atoms with Gasteiger partial charge in [-0.05, 0) is 24.0 Å². The third-order valence-electron chi connectivity index (χ3n) is 4.42. The molecular weight excluding hydrogens is 588 g/mol. The number of benzene rings is 2. The van der Waals surface area contributed by atoms with Crippen molar-refractivity contribution in [1.82, 2.24) is 0 Å². The van der Waals surface area contributed by atoms with Gasteiger partial charge in [-0.15, -0.1) is 0 Å². The lowest BCUT2D eigenvalue weighted by atomic mass is 9.99. The molecule has 2 rings (SSSR count). The molecule has 2 aromatic rings. The molecule has 0 heterocycles. The summed E-state index contributed by atoms with van der Waals surface area (Å²) in [4.78, 5) is 0. The van der Waals surface area contributed by atoms with Crippen molar-refractivity contribution in [2.45, 2.75) is 12.8 Å². The maximum Gasteiger partial charge on any atom is 0.0697 e. The standard InChI is InChI=1S/C20H18Cl8O4/c21-13-9(1-5-31-7-3-29)14(22)18(26)11(17(13)25)12-19(27)15(23)10(16(24)20(12)28)2-6-32-8-4-30/h29-30H,1-8H2. The first kappa shape index (κ1) is 28.8. The number of rotatable bonds is 11. The van der Waals surface area contributed by atoms with E-state index in [2.05, 4.69) is 0 Å². The lowest BCUT2D eigenvalue weighted by Crippen LogP contribution is -2.06. The molecule has 12 heteroatoms. The molecular formula is C20H18Cl8O4. The predicted molar refractivity (Wildman–Crippen MR) is 135 cm³/mol. The second-order valence-electron chi connectivity index (χ2n) is 6.39. The summed E-state index contributed by atoms with van der Waals surface area (Å²) in [5, 5.41) is 18.6. The quantitative estimate of drug-likeness (QED) is 0.204. The summed E-state index contributed by atoms with van der Waals surface area (Å²) in [6.45, 7) is 0.632. The molecule has 0 aromatic heterocycles. The molecule has 0 aliphatic rings. The minimum atomic E-state index is -0.107. The molecule has 0 unspecified atom stereocenters. The van der Waals surface area contributed by atoms with Crippen molar-refractivity contribution in [1.29, 1.82) is 0 Å². The average Bonchev–Trinajstić information content (AvgIpc) is 2.77. The minimum Gasteiger partial charge on any atom is -0.394 e. The van der Waals surface area contributed by atoms with Gasteiger partial charge >= 0.3 is 0 Å². The van der Waals surface area contributed by atoms with Crippen molar-refractivity contribution < 1.29 is 19.7 Å². The van der Waals surface area contributed by atoms with Gasteiger partial charge in [0.25, 0.3) is 0 Å². The summed E-state index contributed by atoms with van der Waals surface area (Å²) >= 11 is 52.1. The maximum absolute atomic E-state index is 8.83. The smallest absolute Gasteiger partial charge is 0.0697 e. The minimum absolute atomic E-state index is 0.0770. The van der Waals surface area contributed by atoms with Gasteiger partial charge in [0.15, 0.2) is 0 Å². The number of hydrogen-bond acceptors (Lipinski definition) is 4. The van der Waals surface area contributed by atoms with Gasteiger partial charge in [0.2, 0.25) is 0 Å². The Hall–Kier alpha value is 0.600. The molecule has 0 atom stereocenters. The Morgan fingerprint density at radius 2 is 0.719 bits per heavy atom. The van der Waals surface area contributed by atoms with Crippen molar-refractivity contribution >= 4 is 92.8 Å². The van der Waals surface area contributed by atoms with Crippen molar-refractivity contribution in [3.05, 3.63) is 51.3 Å². The summed E-state index contributed by atoms with van der Waals surface area (Å²) in [7, 11) is 0. The Labute approximate surface area is 226 Å². The molecule has 2 N–H and O–H groups in total. The Balaban J connectivity index is 2.56. The van der Waals surface area contributed by atoms with Gasteiger partial charge in [0.1, 0.15) is 0 Å². The predicted octanol–water partition coefficient (Wildman–Crippen LogP) is 7.68. The molecule has 0 radical (unpaired) electrons. The molecule has 178 valence electrons. The number of ether oxygens (including phenoxy) is 2.